The number of aliphatic carboxylic acids is 1. The van der Waals surface area contributed by atoms with E-state index in [9.17, 15) is 23.5 Å². The molecule has 0 aliphatic rings. The van der Waals surface area contributed by atoms with Gasteiger partial charge in [0.15, 0.2) is 11.6 Å². The Kier molecular flexibility index (Phi) is 8.19. The van der Waals surface area contributed by atoms with Gasteiger partial charge in [-0.25, -0.2) is 13.8 Å². The number of amides is 1. The molecule has 2 N–H and O–H groups in total. The number of nitrogens with zero attached hydrogens (tertiary/aromatic N) is 1. The molecule has 1 heterocycles. The van der Waals surface area contributed by atoms with Gasteiger partial charge in [0.1, 0.15) is 0 Å². The zero-order valence-electron chi connectivity index (χ0n) is 19.7. The molecule has 4 aromatic rings. The molecule has 4 rings (SSSR count). The van der Waals surface area contributed by atoms with Crippen molar-refractivity contribution >= 4 is 50.3 Å². The summed E-state index contributed by atoms with van der Waals surface area (Å²) < 4.78 is 29.5. The molecule has 0 aliphatic carbocycles. The number of carbonyl (C=O) groups is 2. The number of carboxylic acids is 1. The fourth-order valence-electron chi connectivity index (χ4n) is 4.37. The zero-order valence-corrected chi connectivity index (χ0v) is 22.0. The molecule has 0 fully saturated rings. The molecule has 190 valence electrons. The molecule has 3 aromatic carbocycles. The van der Waals surface area contributed by atoms with Gasteiger partial charge in [-0.05, 0) is 49.2 Å². The summed E-state index contributed by atoms with van der Waals surface area (Å²) in [5, 5.41) is 12.6. The number of nitrogens with one attached hydrogen (secondary N) is 1. The maximum atomic E-state index is 14.7. The Balaban J connectivity index is 1.74. The predicted octanol–water partition coefficient (Wildman–Crippen LogP) is 7.28. The van der Waals surface area contributed by atoms with E-state index in [1.807, 2.05) is 36.4 Å². The highest BCUT2D eigenvalue weighted by molar-refractivity contribution is 9.10. The Morgan fingerprint density at radius 1 is 1.11 bits per heavy atom. The fraction of sp³-hybridized carbons (Fsp3) is 0.179. The Bertz CT molecular complexity index is 1500. The summed E-state index contributed by atoms with van der Waals surface area (Å²) in [6.45, 7) is 1.65. The van der Waals surface area contributed by atoms with Gasteiger partial charge in [-0.2, -0.15) is 0 Å². The molecule has 0 unspecified atom stereocenters. The van der Waals surface area contributed by atoms with Crippen LogP contribution in [0.2, 0.25) is 5.02 Å². The average Bonchev–Trinajstić information content (AvgIpc) is 2.87. The second-order valence-corrected chi connectivity index (χ2v) is 9.91. The fourth-order valence-corrected chi connectivity index (χ4v) is 5.03. The minimum Gasteiger partial charge on any atom is -0.481 e. The van der Waals surface area contributed by atoms with Gasteiger partial charge in [0.05, 0.1) is 16.8 Å². The third-order valence-corrected chi connectivity index (χ3v) is 6.99. The number of benzene rings is 3. The highest BCUT2D eigenvalue weighted by Crippen LogP contribution is 2.33. The van der Waals surface area contributed by atoms with Gasteiger partial charge < -0.3 is 10.4 Å². The van der Waals surface area contributed by atoms with Gasteiger partial charge >= 0.3 is 5.97 Å². The lowest BCUT2D eigenvalue weighted by molar-refractivity contribution is -0.137. The summed E-state index contributed by atoms with van der Waals surface area (Å²) in [6, 6.07) is 17.0. The van der Waals surface area contributed by atoms with E-state index in [1.54, 1.807) is 19.1 Å². The first-order valence-electron chi connectivity index (χ1n) is 11.5. The number of hydrogen-bond donors (Lipinski definition) is 2. The quantitative estimate of drug-likeness (QED) is 0.212. The van der Waals surface area contributed by atoms with E-state index >= 15 is 0 Å². The van der Waals surface area contributed by atoms with Gasteiger partial charge in [0.2, 0.25) is 0 Å². The molecule has 37 heavy (non-hydrogen) atoms. The van der Waals surface area contributed by atoms with Crippen LogP contribution in [-0.2, 0) is 4.79 Å². The van der Waals surface area contributed by atoms with Crippen LogP contribution < -0.4 is 5.32 Å². The summed E-state index contributed by atoms with van der Waals surface area (Å²) in [4.78, 5) is 29.6. The molecule has 0 saturated carbocycles. The van der Waals surface area contributed by atoms with Crippen molar-refractivity contribution in [2.45, 2.75) is 25.7 Å². The monoisotopic (exact) mass is 586 g/mol. The second kappa shape index (κ2) is 11.4. The molecule has 1 amide bonds. The first kappa shape index (κ1) is 26.7. The van der Waals surface area contributed by atoms with Gasteiger partial charge in [0.25, 0.3) is 5.91 Å². The van der Waals surface area contributed by atoms with E-state index in [1.165, 1.54) is 6.07 Å². The predicted molar refractivity (Wildman–Crippen MR) is 143 cm³/mol. The van der Waals surface area contributed by atoms with E-state index in [0.717, 1.165) is 16.1 Å². The van der Waals surface area contributed by atoms with Crippen molar-refractivity contribution in [2.75, 3.05) is 6.54 Å². The minimum atomic E-state index is -1.15. The van der Waals surface area contributed by atoms with Crippen molar-refractivity contribution in [3.63, 3.8) is 0 Å². The van der Waals surface area contributed by atoms with Crippen molar-refractivity contribution in [1.82, 2.24) is 10.3 Å². The zero-order chi connectivity index (χ0) is 26.7. The van der Waals surface area contributed by atoms with Crippen molar-refractivity contribution in [3.8, 4) is 11.3 Å². The molecule has 0 radical (unpaired) electrons. The normalized spacial score (nSPS) is 11.9. The summed E-state index contributed by atoms with van der Waals surface area (Å²) in [5.74, 6) is -4.67. The second-order valence-electron chi connectivity index (χ2n) is 8.58. The minimum absolute atomic E-state index is 0.0376. The molecule has 9 heteroatoms. The average molecular weight is 588 g/mol. The van der Waals surface area contributed by atoms with Crippen molar-refractivity contribution in [3.05, 3.63) is 98.5 Å². The molecule has 0 saturated heterocycles. The Labute approximate surface area is 225 Å². The lowest BCUT2D eigenvalue weighted by atomic mass is 9.92. The van der Waals surface area contributed by atoms with Gasteiger partial charge in [0, 0.05) is 44.9 Å². The standard InChI is InChI=1S/C28H22BrClF2N2O3/c1-15-24(19-13-18(29)8-11-22(19)34-27(15)16-5-3-2-4-6-16)28(37)33-14-17(7-12-23(35)36)25-20(30)9-10-21(31)26(25)32/h2-6,8-11,13,17H,7,12,14H2,1H3,(H,33,37)(H,35,36)/t17-/m0/s1. The first-order chi connectivity index (χ1) is 17.7. The van der Waals surface area contributed by atoms with E-state index in [-0.39, 0.29) is 30.0 Å². The van der Waals surface area contributed by atoms with Crippen LogP contribution in [0.25, 0.3) is 22.2 Å². The first-order valence-corrected chi connectivity index (χ1v) is 12.6. The Hall–Kier alpha value is -3.36. The van der Waals surface area contributed by atoms with E-state index in [4.69, 9.17) is 16.6 Å². The van der Waals surface area contributed by atoms with Crippen LogP contribution >= 0.6 is 27.5 Å². The third-order valence-electron chi connectivity index (χ3n) is 6.17. The molecule has 1 atom stereocenters. The largest absolute Gasteiger partial charge is 0.481 e. The topological polar surface area (TPSA) is 79.3 Å². The van der Waals surface area contributed by atoms with Crippen LogP contribution in [0.4, 0.5) is 8.78 Å². The number of rotatable bonds is 8. The van der Waals surface area contributed by atoms with E-state index < -0.39 is 29.4 Å². The summed E-state index contributed by atoms with van der Waals surface area (Å²) in [7, 11) is 0. The molecular weight excluding hydrogens is 566 g/mol. The van der Waals surface area contributed by atoms with Crippen LogP contribution in [0.15, 0.2) is 65.1 Å². The van der Waals surface area contributed by atoms with Gasteiger partial charge in [-0.3, -0.25) is 9.59 Å². The van der Waals surface area contributed by atoms with Crippen LogP contribution in [0.1, 0.15) is 40.2 Å². The van der Waals surface area contributed by atoms with Crippen molar-refractivity contribution in [2.24, 2.45) is 0 Å². The van der Waals surface area contributed by atoms with Crippen LogP contribution in [-0.4, -0.2) is 28.5 Å². The maximum Gasteiger partial charge on any atom is 0.303 e. The summed E-state index contributed by atoms with van der Waals surface area (Å²) in [6.07, 6.45) is -0.359. The smallest absolute Gasteiger partial charge is 0.303 e. The molecule has 1 aromatic heterocycles. The molecular formula is C28H22BrClF2N2O3. The highest BCUT2D eigenvalue weighted by atomic mass is 79.9. The molecule has 0 spiro atoms. The Morgan fingerprint density at radius 3 is 2.54 bits per heavy atom. The van der Waals surface area contributed by atoms with Crippen molar-refractivity contribution in [1.29, 1.82) is 0 Å². The molecule has 0 bridgehead atoms. The number of halogens is 4. The van der Waals surface area contributed by atoms with E-state index in [2.05, 4.69) is 21.2 Å². The number of fused-ring (bicyclic) bond motifs is 1. The Morgan fingerprint density at radius 2 is 1.84 bits per heavy atom. The number of hydrogen-bond acceptors (Lipinski definition) is 3. The lowest BCUT2D eigenvalue weighted by Crippen LogP contribution is -2.30. The molecule has 5 nitrogen and oxygen atoms in total. The van der Waals surface area contributed by atoms with Gasteiger partial charge in [-0.1, -0.05) is 57.9 Å². The van der Waals surface area contributed by atoms with E-state index in [0.29, 0.717) is 27.7 Å². The summed E-state index contributed by atoms with van der Waals surface area (Å²) in [5.41, 5.74) is 2.96. The number of carbonyl (C=O) groups excluding carboxylic acids is 1. The maximum absolute atomic E-state index is 14.7. The summed E-state index contributed by atoms with van der Waals surface area (Å²) >= 11 is 9.62. The third kappa shape index (κ3) is 5.81. The van der Waals surface area contributed by atoms with Gasteiger partial charge in [-0.15, -0.1) is 0 Å². The highest BCUT2D eigenvalue weighted by Gasteiger charge is 2.25. The number of carboxylic acid groups (broad SMARTS) is 1. The lowest BCUT2D eigenvalue weighted by Gasteiger charge is -2.21. The van der Waals surface area contributed by atoms with Crippen molar-refractivity contribution < 1.29 is 23.5 Å². The van der Waals surface area contributed by atoms with Crippen LogP contribution in [0.3, 0.4) is 0 Å². The SMILES string of the molecule is Cc1c(-c2ccccc2)nc2ccc(Br)cc2c1C(=O)NC[C@H](CCC(=O)O)c1c(Cl)ccc(F)c1F. The molecule has 0 aliphatic heterocycles. The number of aromatic nitrogens is 1. The van der Waals surface area contributed by atoms with Crippen LogP contribution in [0, 0.1) is 18.6 Å². The number of pyridine rings is 1. The van der Waals surface area contributed by atoms with Crippen LogP contribution in [0.5, 0.6) is 0 Å².